The van der Waals surface area contributed by atoms with Gasteiger partial charge in [0, 0.05) is 19.4 Å². The van der Waals surface area contributed by atoms with E-state index in [1.54, 1.807) is 0 Å². The lowest BCUT2D eigenvalue weighted by Gasteiger charge is -2.18. The molecule has 0 aromatic rings. The number of hydrogen-bond donors (Lipinski definition) is 0. The number of esters is 2. The normalized spacial score (nSPS) is 13.0. The Morgan fingerprint density at radius 3 is 0.986 bits per heavy atom. The first-order valence-electron chi connectivity index (χ1n) is 31.4. The van der Waals surface area contributed by atoms with Crippen molar-refractivity contribution < 1.29 is 23.8 Å². The molecule has 1 atom stereocenters. The monoisotopic (exact) mass is 1030 g/mol. The van der Waals surface area contributed by atoms with E-state index in [4.69, 9.17) is 14.2 Å². The molecule has 0 aromatic heterocycles. The summed E-state index contributed by atoms with van der Waals surface area (Å²) in [7, 11) is 0. The number of allylic oxidation sites excluding steroid dienone is 18. The molecular weight excluding hydrogens is 909 g/mol. The van der Waals surface area contributed by atoms with Crippen LogP contribution in [-0.2, 0) is 23.8 Å². The largest absolute Gasteiger partial charge is 0.462 e. The molecule has 5 heteroatoms. The molecule has 1 unspecified atom stereocenters. The maximum atomic E-state index is 12.9. The van der Waals surface area contributed by atoms with E-state index in [1.807, 2.05) is 0 Å². The van der Waals surface area contributed by atoms with Gasteiger partial charge in [-0.05, 0) is 122 Å². The summed E-state index contributed by atoms with van der Waals surface area (Å²) in [6.45, 7) is 7.59. The highest BCUT2D eigenvalue weighted by Gasteiger charge is 2.17. The maximum absolute atomic E-state index is 12.9. The van der Waals surface area contributed by atoms with Crippen molar-refractivity contribution in [2.45, 2.75) is 297 Å². The number of ether oxygens (including phenoxy) is 3. The van der Waals surface area contributed by atoms with Crippen molar-refractivity contribution in [3.8, 4) is 0 Å². The Morgan fingerprint density at radius 2 is 0.608 bits per heavy atom. The first kappa shape index (κ1) is 70.6. The van der Waals surface area contributed by atoms with Crippen LogP contribution < -0.4 is 0 Å². The molecule has 0 N–H and O–H groups in total. The summed E-state index contributed by atoms with van der Waals surface area (Å²) in [4.78, 5) is 25.6. The molecule has 0 amide bonds. The molecule has 0 saturated carbocycles. The predicted octanol–water partition coefficient (Wildman–Crippen LogP) is 21.9. The van der Waals surface area contributed by atoms with Gasteiger partial charge in [-0.25, -0.2) is 0 Å². The predicted molar refractivity (Wildman–Crippen MR) is 325 cm³/mol. The van der Waals surface area contributed by atoms with E-state index in [0.717, 1.165) is 116 Å². The van der Waals surface area contributed by atoms with Crippen molar-refractivity contribution in [1.82, 2.24) is 0 Å². The van der Waals surface area contributed by atoms with Crippen LogP contribution in [0.1, 0.15) is 290 Å². The summed E-state index contributed by atoms with van der Waals surface area (Å²) in [6.07, 6.45) is 88.3. The summed E-state index contributed by atoms with van der Waals surface area (Å²) in [5, 5.41) is 0. The number of carbonyl (C=O) groups excluding carboxylic acids is 2. The van der Waals surface area contributed by atoms with Crippen molar-refractivity contribution in [3.05, 3.63) is 109 Å². The molecule has 0 fully saturated rings. The Morgan fingerprint density at radius 1 is 0.311 bits per heavy atom. The molecular formula is C69H118O5. The second kappa shape index (κ2) is 63.8. The maximum Gasteiger partial charge on any atom is 0.306 e. The lowest BCUT2D eigenvalue weighted by molar-refractivity contribution is -0.163. The molecule has 74 heavy (non-hydrogen) atoms. The van der Waals surface area contributed by atoms with E-state index < -0.39 is 6.10 Å². The first-order chi connectivity index (χ1) is 36.6. The van der Waals surface area contributed by atoms with E-state index in [1.165, 1.54) is 141 Å². The van der Waals surface area contributed by atoms with Crippen molar-refractivity contribution in [1.29, 1.82) is 0 Å². The van der Waals surface area contributed by atoms with Gasteiger partial charge < -0.3 is 14.2 Å². The quantitative estimate of drug-likeness (QED) is 0.0345. The third-order valence-corrected chi connectivity index (χ3v) is 13.3. The molecule has 0 saturated heterocycles. The van der Waals surface area contributed by atoms with Gasteiger partial charge in [-0.15, -0.1) is 0 Å². The van der Waals surface area contributed by atoms with Gasteiger partial charge in [0.2, 0.25) is 0 Å². The molecule has 0 aliphatic rings. The van der Waals surface area contributed by atoms with Gasteiger partial charge >= 0.3 is 11.9 Å². The highest BCUT2D eigenvalue weighted by Crippen LogP contribution is 2.15. The minimum Gasteiger partial charge on any atom is -0.462 e. The fourth-order valence-corrected chi connectivity index (χ4v) is 8.66. The number of hydrogen-bond acceptors (Lipinski definition) is 5. The molecule has 0 spiro atoms. The van der Waals surface area contributed by atoms with Crippen LogP contribution in [0.15, 0.2) is 109 Å². The standard InChI is InChI=1S/C69H118O5/c1-4-7-10-13-16-19-22-25-28-31-34-37-40-43-46-49-52-55-58-61-64-72-65-67(74-69(71)63-60-57-54-51-48-45-42-39-36-33-30-27-24-21-18-15-12-9-6-3)66-73-68(70)62-59-56-53-50-47-44-41-38-35-32-29-26-23-20-17-14-11-8-5-2/h8-9,11-12,17-18,20-21,25-30,35-36,38-39,67H,4-7,10,13-16,19,22-24,31-34,37,40-66H2,1-3H3/b11-8-,12-9-,20-17-,21-18-,28-25-,29-26-,30-27-,38-35-,39-36-. The molecule has 0 aromatic carbocycles. The number of unbranched alkanes of at least 4 members (excludes halogenated alkanes) is 28. The zero-order chi connectivity index (χ0) is 53.4. The van der Waals surface area contributed by atoms with E-state index in [2.05, 4.69) is 130 Å². The van der Waals surface area contributed by atoms with Crippen molar-refractivity contribution in [2.75, 3.05) is 19.8 Å². The minimum absolute atomic E-state index is 0.0666. The minimum atomic E-state index is -0.559. The van der Waals surface area contributed by atoms with Crippen LogP contribution >= 0.6 is 0 Å². The Hall–Kier alpha value is -3.44. The Bertz CT molecular complexity index is 1440. The molecule has 0 aliphatic heterocycles. The molecule has 0 rings (SSSR count). The second-order valence-corrected chi connectivity index (χ2v) is 20.5. The summed E-state index contributed by atoms with van der Waals surface area (Å²) < 4.78 is 17.5. The van der Waals surface area contributed by atoms with E-state index in [9.17, 15) is 9.59 Å². The summed E-state index contributed by atoms with van der Waals surface area (Å²) >= 11 is 0. The Labute approximate surface area is 459 Å². The van der Waals surface area contributed by atoms with Crippen molar-refractivity contribution in [2.24, 2.45) is 0 Å². The highest BCUT2D eigenvalue weighted by atomic mass is 16.6. The highest BCUT2D eigenvalue weighted by molar-refractivity contribution is 5.70. The first-order valence-corrected chi connectivity index (χ1v) is 31.4. The van der Waals surface area contributed by atoms with Gasteiger partial charge in [-0.3, -0.25) is 9.59 Å². The van der Waals surface area contributed by atoms with Crippen molar-refractivity contribution >= 4 is 11.9 Å². The number of carbonyl (C=O) groups is 2. The third kappa shape index (κ3) is 61.1. The topological polar surface area (TPSA) is 61.8 Å². The lowest BCUT2D eigenvalue weighted by atomic mass is 10.1. The Balaban J connectivity index is 4.35. The van der Waals surface area contributed by atoms with Crippen LogP contribution in [0.5, 0.6) is 0 Å². The van der Waals surface area contributed by atoms with E-state index >= 15 is 0 Å². The molecule has 0 aliphatic carbocycles. The van der Waals surface area contributed by atoms with Crippen LogP contribution in [0, 0.1) is 0 Å². The van der Waals surface area contributed by atoms with Gasteiger partial charge in [0.05, 0.1) is 6.61 Å². The van der Waals surface area contributed by atoms with Gasteiger partial charge in [0.1, 0.15) is 6.61 Å². The van der Waals surface area contributed by atoms with Crippen LogP contribution in [0.3, 0.4) is 0 Å². The smallest absolute Gasteiger partial charge is 0.306 e. The Kier molecular flexibility index (Phi) is 60.9. The van der Waals surface area contributed by atoms with Crippen molar-refractivity contribution in [3.63, 3.8) is 0 Å². The van der Waals surface area contributed by atoms with Crippen LogP contribution in [0.25, 0.3) is 0 Å². The SMILES string of the molecule is CC/C=C\C/C=C\C/C=C\C/C=C\CCCCCCCCC(=O)OCC(COCCCCCCCCCCCC/C=C\CCCCCCCC)OC(=O)CCCCCCCC/C=C\C/C=C\C/C=C\C/C=C\CC. The van der Waals surface area contributed by atoms with Gasteiger partial charge in [0.25, 0.3) is 0 Å². The number of rotatable bonds is 57. The molecule has 424 valence electrons. The zero-order valence-electron chi connectivity index (χ0n) is 48.8. The zero-order valence-corrected chi connectivity index (χ0v) is 48.8. The molecule has 5 nitrogen and oxygen atoms in total. The third-order valence-electron chi connectivity index (χ3n) is 13.3. The summed E-state index contributed by atoms with van der Waals surface area (Å²) in [5.74, 6) is -0.426. The summed E-state index contributed by atoms with van der Waals surface area (Å²) in [5.41, 5.74) is 0. The van der Waals surface area contributed by atoms with Crippen LogP contribution in [-0.4, -0.2) is 37.9 Å². The average Bonchev–Trinajstić information content (AvgIpc) is 3.40. The van der Waals surface area contributed by atoms with E-state index in [-0.39, 0.29) is 25.2 Å². The fraction of sp³-hybridized carbons (Fsp3) is 0.710. The van der Waals surface area contributed by atoms with Gasteiger partial charge in [-0.1, -0.05) is 265 Å². The molecule has 0 radical (unpaired) electrons. The van der Waals surface area contributed by atoms with Crippen LogP contribution in [0.2, 0.25) is 0 Å². The van der Waals surface area contributed by atoms with Gasteiger partial charge in [-0.2, -0.15) is 0 Å². The van der Waals surface area contributed by atoms with Gasteiger partial charge in [0.15, 0.2) is 6.10 Å². The average molecular weight is 1030 g/mol. The molecule has 0 heterocycles. The fourth-order valence-electron chi connectivity index (χ4n) is 8.66. The second-order valence-electron chi connectivity index (χ2n) is 20.5. The van der Waals surface area contributed by atoms with Crippen LogP contribution in [0.4, 0.5) is 0 Å². The lowest BCUT2D eigenvalue weighted by Crippen LogP contribution is -2.30. The molecule has 0 bridgehead atoms. The van der Waals surface area contributed by atoms with E-state index in [0.29, 0.717) is 19.4 Å². The summed E-state index contributed by atoms with van der Waals surface area (Å²) in [6, 6.07) is 0.